The number of carbonyl (C=O) groups is 2. The second-order valence-corrected chi connectivity index (χ2v) is 5.86. The highest BCUT2D eigenvalue weighted by Gasteiger charge is 2.23. The maximum atomic E-state index is 12.2. The minimum absolute atomic E-state index is 0.0516. The number of esters is 1. The lowest BCUT2D eigenvalue weighted by Crippen LogP contribution is -2.25. The highest BCUT2D eigenvalue weighted by molar-refractivity contribution is 6.09. The van der Waals surface area contributed by atoms with Gasteiger partial charge in [0.05, 0.1) is 5.41 Å². The minimum Gasteiger partial charge on any atom is -0.426 e. The minimum atomic E-state index is -0.557. The number of ether oxygens (including phenoxy) is 1. The van der Waals surface area contributed by atoms with E-state index in [4.69, 9.17) is 4.74 Å². The zero-order valence-corrected chi connectivity index (χ0v) is 12.4. The molecule has 0 aliphatic carbocycles. The fourth-order valence-electron chi connectivity index (χ4n) is 1.69. The van der Waals surface area contributed by atoms with Crippen molar-refractivity contribution >= 4 is 11.8 Å². The lowest BCUT2D eigenvalue weighted by molar-refractivity contribution is -0.142. The SMILES string of the molecule is CC(C)(C)C(=O)Oc1ccc(C(=O)c2ccccc2)cc1. The van der Waals surface area contributed by atoms with Crippen LogP contribution in [-0.4, -0.2) is 11.8 Å². The van der Waals surface area contributed by atoms with E-state index in [9.17, 15) is 9.59 Å². The average molecular weight is 282 g/mol. The normalized spacial score (nSPS) is 11.0. The molecule has 0 fully saturated rings. The van der Waals surface area contributed by atoms with Gasteiger partial charge in [-0.15, -0.1) is 0 Å². The van der Waals surface area contributed by atoms with Crippen molar-refractivity contribution in [1.29, 1.82) is 0 Å². The van der Waals surface area contributed by atoms with E-state index < -0.39 is 5.41 Å². The summed E-state index contributed by atoms with van der Waals surface area (Å²) in [6.45, 7) is 5.38. The molecule has 2 rings (SSSR count). The summed E-state index contributed by atoms with van der Waals surface area (Å²) >= 11 is 0. The third-order valence-electron chi connectivity index (χ3n) is 2.98. The van der Waals surface area contributed by atoms with Crippen LogP contribution in [0, 0.1) is 5.41 Å². The van der Waals surface area contributed by atoms with E-state index in [1.54, 1.807) is 57.2 Å². The van der Waals surface area contributed by atoms with Crippen LogP contribution < -0.4 is 4.74 Å². The number of rotatable bonds is 3. The van der Waals surface area contributed by atoms with Gasteiger partial charge in [0.15, 0.2) is 5.78 Å². The predicted molar refractivity (Wildman–Crippen MR) is 81.4 cm³/mol. The Morgan fingerprint density at radius 3 is 1.86 bits per heavy atom. The molecule has 0 unspecified atom stereocenters. The molecule has 3 nitrogen and oxygen atoms in total. The lowest BCUT2D eigenvalue weighted by Gasteiger charge is -2.16. The molecular weight excluding hydrogens is 264 g/mol. The molecule has 0 amide bonds. The van der Waals surface area contributed by atoms with Crippen LogP contribution in [0.4, 0.5) is 0 Å². The summed E-state index contributed by atoms with van der Waals surface area (Å²) in [5.74, 6) is 0.0912. The topological polar surface area (TPSA) is 43.4 Å². The number of ketones is 1. The van der Waals surface area contributed by atoms with Gasteiger partial charge >= 0.3 is 5.97 Å². The van der Waals surface area contributed by atoms with E-state index in [1.165, 1.54) is 0 Å². The summed E-state index contributed by atoms with van der Waals surface area (Å²) in [6, 6.07) is 15.7. The standard InChI is InChI=1S/C18H18O3/c1-18(2,3)17(20)21-15-11-9-14(10-12-15)16(19)13-7-5-4-6-8-13/h4-12H,1-3H3. The van der Waals surface area contributed by atoms with Gasteiger partial charge in [0.1, 0.15) is 5.75 Å². The van der Waals surface area contributed by atoms with Gasteiger partial charge in [0.2, 0.25) is 0 Å². The fraction of sp³-hybridized carbons (Fsp3) is 0.222. The smallest absolute Gasteiger partial charge is 0.316 e. The Kier molecular flexibility index (Phi) is 4.22. The second-order valence-electron chi connectivity index (χ2n) is 5.86. The van der Waals surface area contributed by atoms with Crippen molar-refractivity contribution in [3.05, 3.63) is 65.7 Å². The molecule has 0 heterocycles. The van der Waals surface area contributed by atoms with Gasteiger partial charge in [-0.1, -0.05) is 30.3 Å². The Morgan fingerprint density at radius 2 is 1.33 bits per heavy atom. The maximum absolute atomic E-state index is 12.2. The Bertz CT molecular complexity index is 634. The summed E-state index contributed by atoms with van der Waals surface area (Å²) in [5.41, 5.74) is 0.645. The maximum Gasteiger partial charge on any atom is 0.316 e. The monoisotopic (exact) mass is 282 g/mol. The highest BCUT2D eigenvalue weighted by Crippen LogP contribution is 2.20. The second kappa shape index (κ2) is 5.92. The van der Waals surface area contributed by atoms with Crippen molar-refractivity contribution in [1.82, 2.24) is 0 Å². The first-order chi connectivity index (χ1) is 9.88. The van der Waals surface area contributed by atoms with Gasteiger partial charge in [-0.3, -0.25) is 9.59 Å². The van der Waals surface area contributed by atoms with Crippen LogP contribution >= 0.6 is 0 Å². The Balaban J connectivity index is 2.13. The fourth-order valence-corrected chi connectivity index (χ4v) is 1.69. The van der Waals surface area contributed by atoms with Gasteiger partial charge < -0.3 is 4.74 Å². The predicted octanol–water partition coefficient (Wildman–Crippen LogP) is 3.87. The third kappa shape index (κ3) is 3.78. The van der Waals surface area contributed by atoms with Crippen LogP contribution in [0.5, 0.6) is 5.75 Å². The molecule has 21 heavy (non-hydrogen) atoms. The van der Waals surface area contributed by atoms with Crippen LogP contribution in [0.3, 0.4) is 0 Å². The van der Waals surface area contributed by atoms with Crippen molar-refractivity contribution < 1.29 is 14.3 Å². The van der Waals surface area contributed by atoms with Gasteiger partial charge in [-0.2, -0.15) is 0 Å². The Labute approximate surface area is 124 Å². The summed E-state index contributed by atoms with van der Waals surface area (Å²) in [5, 5.41) is 0. The zero-order valence-electron chi connectivity index (χ0n) is 12.4. The summed E-state index contributed by atoms with van der Waals surface area (Å²) < 4.78 is 5.27. The number of benzene rings is 2. The molecule has 0 N–H and O–H groups in total. The first-order valence-electron chi connectivity index (χ1n) is 6.80. The van der Waals surface area contributed by atoms with Crippen molar-refractivity contribution in [2.75, 3.05) is 0 Å². The largest absolute Gasteiger partial charge is 0.426 e. The zero-order chi connectivity index (χ0) is 15.5. The molecule has 2 aromatic rings. The molecule has 0 spiro atoms. The van der Waals surface area contributed by atoms with Crippen molar-refractivity contribution in [3.63, 3.8) is 0 Å². The van der Waals surface area contributed by atoms with E-state index in [0.717, 1.165) is 0 Å². The van der Waals surface area contributed by atoms with Gasteiger partial charge in [0, 0.05) is 11.1 Å². The van der Waals surface area contributed by atoms with Crippen molar-refractivity contribution in [2.24, 2.45) is 5.41 Å². The van der Waals surface area contributed by atoms with Crippen LogP contribution in [0.1, 0.15) is 36.7 Å². The molecule has 0 saturated heterocycles. The van der Waals surface area contributed by atoms with Crippen molar-refractivity contribution in [3.8, 4) is 5.75 Å². The van der Waals surface area contributed by atoms with E-state index in [1.807, 2.05) is 18.2 Å². The number of hydrogen-bond acceptors (Lipinski definition) is 3. The molecule has 3 heteroatoms. The molecule has 0 atom stereocenters. The quantitative estimate of drug-likeness (QED) is 0.487. The molecular formula is C18H18O3. The summed E-state index contributed by atoms with van der Waals surface area (Å²) in [6.07, 6.45) is 0. The Hall–Kier alpha value is -2.42. The van der Waals surface area contributed by atoms with Crippen molar-refractivity contribution in [2.45, 2.75) is 20.8 Å². The number of carbonyl (C=O) groups excluding carboxylic acids is 2. The molecule has 0 bridgehead atoms. The first-order valence-corrected chi connectivity index (χ1v) is 6.80. The molecule has 2 aromatic carbocycles. The van der Waals surface area contributed by atoms with Gasteiger partial charge in [-0.25, -0.2) is 0 Å². The van der Waals surface area contributed by atoms with E-state index in [0.29, 0.717) is 16.9 Å². The number of hydrogen-bond donors (Lipinski definition) is 0. The van der Waals surface area contributed by atoms with Crippen LogP contribution in [0.2, 0.25) is 0 Å². The molecule has 0 aromatic heterocycles. The first kappa shape index (κ1) is 15.0. The molecule has 0 aliphatic heterocycles. The average Bonchev–Trinajstić information content (AvgIpc) is 2.47. The van der Waals surface area contributed by atoms with E-state index in [-0.39, 0.29) is 11.8 Å². The van der Waals surface area contributed by atoms with Crippen LogP contribution in [0.25, 0.3) is 0 Å². The summed E-state index contributed by atoms with van der Waals surface area (Å²) in [7, 11) is 0. The highest BCUT2D eigenvalue weighted by atomic mass is 16.5. The molecule has 0 radical (unpaired) electrons. The van der Waals surface area contributed by atoms with E-state index >= 15 is 0 Å². The lowest BCUT2D eigenvalue weighted by atomic mass is 9.97. The van der Waals surface area contributed by atoms with Gasteiger partial charge in [-0.05, 0) is 45.0 Å². The molecule has 0 aliphatic rings. The van der Waals surface area contributed by atoms with Gasteiger partial charge in [0.25, 0.3) is 0 Å². The van der Waals surface area contributed by atoms with E-state index in [2.05, 4.69) is 0 Å². The van der Waals surface area contributed by atoms with Crippen LogP contribution in [0.15, 0.2) is 54.6 Å². The van der Waals surface area contributed by atoms with Crippen LogP contribution in [-0.2, 0) is 4.79 Å². The molecule has 108 valence electrons. The Morgan fingerprint density at radius 1 is 0.810 bits per heavy atom. The third-order valence-corrected chi connectivity index (χ3v) is 2.98. The molecule has 0 saturated carbocycles. The summed E-state index contributed by atoms with van der Waals surface area (Å²) in [4.78, 5) is 24.0.